The minimum Gasteiger partial charge on any atom is -0.491 e. The average molecular weight is 195 g/mol. The van der Waals surface area contributed by atoms with Crippen molar-refractivity contribution in [2.24, 2.45) is 5.73 Å². The number of rotatable bonds is 6. The number of hydrogen-bond acceptors (Lipinski definition) is 3. The van der Waals surface area contributed by atoms with E-state index in [0.717, 1.165) is 5.75 Å². The van der Waals surface area contributed by atoms with E-state index in [9.17, 15) is 0 Å². The van der Waals surface area contributed by atoms with Crippen molar-refractivity contribution in [3.05, 3.63) is 30.3 Å². The normalized spacial score (nSPS) is 12.4. The van der Waals surface area contributed by atoms with Gasteiger partial charge in [-0.15, -0.1) is 0 Å². The molecule has 1 aromatic carbocycles. The quantitative estimate of drug-likeness (QED) is 0.698. The van der Waals surface area contributed by atoms with Gasteiger partial charge in [0, 0.05) is 6.54 Å². The van der Waals surface area contributed by atoms with Gasteiger partial charge in [-0.3, -0.25) is 0 Å². The van der Waals surface area contributed by atoms with Gasteiger partial charge in [0.2, 0.25) is 0 Å². The van der Waals surface area contributed by atoms with Crippen LogP contribution in [0.3, 0.4) is 0 Å². The fraction of sp³-hybridized carbons (Fsp3) is 0.455. The SMILES string of the molecule is CC(CN)OCCOc1ccccc1. The predicted molar refractivity (Wildman–Crippen MR) is 56.4 cm³/mol. The Labute approximate surface area is 84.8 Å². The molecule has 1 aromatic rings. The van der Waals surface area contributed by atoms with Gasteiger partial charge in [0.25, 0.3) is 0 Å². The molecule has 78 valence electrons. The Morgan fingerprint density at radius 1 is 1.21 bits per heavy atom. The first-order chi connectivity index (χ1) is 6.83. The number of ether oxygens (including phenoxy) is 2. The molecule has 1 atom stereocenters. The lowest BCUT2D eigenvalue weighted by molar-refractivity contribution is 0.0496. The second kappa shape index (κ2) is 6.40. The first-order valence-corrected chi connectivity index (χ1v) is 4.82. The molecular weight excluding hydrogens is 178 g/mol. The van der Waals surface area contributed by atoms with Crippen molar-refractivity contribution in [1.29, 1.82) is 0 Å². The molecule has 0 aliphatic heterocycles. The van der Waals surface area contributed by atoms with Crippen LogP contribution in [0.5, 0.6) is 5.75 Å². The van der Waals surface area contributed by atoms with Gasteiger partial charge in [-0.05, 0) is 19.1 Å². The van der Waals surface area contributed by atoms with Crippen LogP contribution in [0.1, 0.15) is 6.92 Å². The van der Waals surface area contributed by atoms with Gasteiger partial charge >= 0.3 is 0 Å². The van der Waals surface area contributed by atoms with Crippen LogP contribution < -0.4 is 10.5 Å². The Bertz CT molecular complexity index is 238. The summed E-state index contributed by atoms with van der Waals surface area (Å²) in [6.07, 6.45) is 0.106. The van der Waals surface area contributed by atoms with Gasteiger partial charge in [-0.1, -0.05) is 18.2 Å². The second-order valence-corrected chi connectivity index (χ2v) is 3.08. The third kappa shape index (κ3) is 4.25. The summed E-state index contributed by atoms with van der Waals surface area (Å²) >= 11 is 0. The Balaban J connectivity index is 2.10. The highest BCUT2D eigenvalue weighted by atomic mass is 16.5. The Kier molecular flexibility index (Phi) is 5.04. The summed E-state index contributed by atoms with van der Waals surface area (Å²) in [7, 11) is 0. The molecule has 0 aromatic heterocycles. The Hall–Kier alpha value is -1.06. The monoisotopic (exact) mass is 195 g/mol. The van der Waals surface area contributed by atoms with Crippen LogP contribution in [0.2, 0.25) is 0 Å². The van der Waals surface area contributed by atoms with Gasteiger partial charge in [0.1, 0.15) is 12.4 Å². The minimum absolute atomic E-state index is 0.106. The lowest BCUT2D eigenvalue weighted by atomic mass is 10.3. The van der Waals surface area contributed by atoms with Crippen LogP contribution in [0.15, 0.2) is 30.3 Å². The Morgan fingerprint density at radius 2 is 1.93 bits per heavy atom. The molecule has 2 N–H and O–H groups in total. The molecule has 1 unspecified atom stereocenters. The molecule has 0 aliphatic carbocycles. The largest absolute Gasteiger partial charge is 0.491 e. The third-order valence-electron chi connectivity index (χ3n) is 1.83. The van der Waals surface area contributed by atoms with Crippen molar-refractivity contribution in [3.8, 4) is 5.75 Å². The maximum Gasteiger partial charge on any atom is 0.119 e. The summed E-state index contributed by atoms with van der Waals surface area (Å²) in [5.41, 5.74) is 5.40. The molecule has 3 nitrogen and oxygen atoms in total. The summed E-state index contributed by atoms with van der Waals surface area (Å²) < 4.78 is 10.8. The lowest BCUT2D eigenvalue weighted by Gasteiger charge is -2.11. The van der Waals surface area contributed by atoms with Gasteiger partial charge in [-0.2, -0.15) is 0 Å². The summed E-state index contributed by atoms with van der Waals surface area (Å²) in [5, 5.41) is 0. The first-order valence-electron chi connectivity index (χ1n) is 4.82. The van der Waals surface area contributed by atoms with Crippen molar-refractivity contribution >= 4 is 0 Å². The molecule has 0 radical (unpaired) electrons. The van der Waals surface area contributed by atoms with Gasteiger partial charge < -0.3 is 15.2 Å². The Morgan fingerprint density at radius 3 is 2.57 bits per heavy atom. The van der Waals surface area contributed by atoms with E-state index in [1.165, 1.54) is 0 Å². The zero-order chi connectivity index (χ0) is 10.2. The topological polar surface area (TPSA) is 44.5 Å². The van der Waals surface area contributed by atoms with Crippen molar-refractivity contribution in [3.63, 3.8) is 0 Å². The zero-order valence-corrected chi connectivity index (χ0v) is 8.48. The minimum atomic E-state index is 0.106. The summed E-state index contributed by atoms with van der Waals surface area (Å²) in [6.45, 7) is 3.63. The zero-order valence-electron chi connectivity index (χ0n) is 8.48. The van der Waals surface area contributed by atoms with Crippen LogP contribution in [0.4, 0.5) is 0 Å². The lowest BCUT2D eigenvalue weighted by Crippen LogP contribution is -2.22. The van der Waals surface area contributed by atoms with Crippen molar-refractivity contribution < 1.29 is 9.47 Å². The number of benzene rings is 1. The molecule has 14 heavy (non-hydrogen) atoms. The molecule has 0 amide bonds. The molecule has 0 spiro atoms. The van der Waals surface area contributed by atoms with E-state index in [1.54, 1.807) is 0 Å². The molecule has 3 heteroatoms. The summed E-state index contributed by atoms with van der Waals surface area (Å²) in [4.78, 5) is 0. The van der Waals surface area contributed by atoms with Gasteiger partial charge in [0.15, 0.2) is 0 Å². The fourth-order valence-corrected chi connectivity index (χ4v) is 0.994. The van der Waals surface area contributed by atoms with Crippen LogP contribution in [0.25, 0.3) is 0 Å². The van der Waals surface area contributed by atoms with Crippen molar-refractivity contribution in [2.75, 3.05) is 19.8 Å². The van der Waals surface area contributed by atoms with Crippen LogP contribution in [-0.4, -0.2) is 25.9 Å². The summed E-state index contributed by atoms with van der Waals surface area (Å²) in [5.74, 6) is 0.872. The summed E-state index contributed by atoms with van der Waals surface area (Å²) in [6, 6.07) is 9.69. The van der Waals surface area contributed by atoms with E-state index in [2.05, 4.69) is 0 Å². The highest BCUT2D eigenvalue weighted by Crippen LogP contribution is 2.07. The smallest absolute Gasteiger partial charge is 0.119 e. The van der Waals surface area contributed by atoms with Crippen LogP contribution >= 0.6 is 0 Å². The molecule has 1 rings (SSSR count). The predicted octanol–water partition coefficient (Wildman–Crippen LogP) is 1.43. The van der Waals surface area contributed by atoms with E-state index in [-0.39, 0.29) is 6.10 Å². The number of hydrogen-bond donors (Lipinski definition) is 1. The maximum absolute atomic E-state index is 5.44. The molecular formula is C11H17NO2. The highest BCUT2D eigenvalue weighted by molar-refractivity contribution is 5.20. The number of para-hydroxylation sites is 1. The van der Waals surface area contributed by atoms with Crippen molar-refractivity contribution in [2.45, 2.75) is 13.0 Å². The van der Waals surface area contributed by atoms with E-state index < -0.39 is 0 Å². The molecule has 0 bridgehead atoms. The highest BCUT2D eigenvalue weighted by Gasteiger charge is 1.97. The van der Waals surface area contributed by atoms with Crippen LogP contribution in [-0.2, 0) is 4.74 Å². The fourth-order valence-electron chi connectivity index (χ4n) is 0.994. The second-order valence-electron chi connectivity index (χ2n) is 3.08. The van der Waals surface area contributed by atoms with E-state index in [4.69, 9.17) is 15.2 Å². The average Bonchev–Trinajstić information content (AvgIpc) is 2.25. The first kappa shape index (κ1) is 11.0. The van der Waals surface area contributed by atoms with E-state index in [0.29, 0.717) is 19.8 Å². The molecule has 0 saturated carbocycles. The van der Waals surface area contributed by atoms with Gasteiger partial charge in [0.05, 0.1) is 12.7 Å². The molecule has 0 saturated heterocycles. The molecule has 0 heterocycles. The van der Waals surface area contributed by atoms with Crippen LogP contribution in [0, 0.1) is 0 Å². The van der Waals surface area contributed by atoms with E-state index >= 15 is 0 Å². The standard InChI is InChI=1S/C11H17NO2/c1-10(9-12)13-7-8-14-11-5-3-2-4-6-11/h2-6,10H,7-9,12H2,1H3. The number of nitrogens with two attached hydrogens (primary N) is 1. The van der Waals surface area contributed by atoms with Crippen molar-refractivity contribution in [1.82, 2.24) is 0 Å². The molecule has 0 fully saturated rings. The van der Waals surface area contributed by atoms with Gasteiger partial charge in [-0.25, -0.2) is 0 Å². The third-order valence-corrected chi connectivity index (χ3v) is 1.83. The maximum atomic E-state index is 5.44. The molecule has 0 aliphatic rings. The van der Waals surface area contributed by atoms with E-state index in [1.807, 2.05) is 37.3 Å².